The van der Waals surface area contributed by atoms with E-state index in [0.29, 0.717) is 17.6 Å². The molecule has 6 nitrogen and oxygen atoms in total. The van der Waals surface area contributed by atoms with Crippen LogP contribution in [0, 0.1) is 27.9 Å². The second-order valence-corrected chi connectivity index (χ2v) is 6.17. The molecule has 0 spiro atoms. The van der Waals surface area contributed by atoms with E-state index in [2.05, 4.69) is 15.6 Å². The number of anilines is 2. The molecule has 2 N–H and O–H groups in total. The Balaban J connectivity index is 1.70. The van der Waals surface area contributed by atoms with Crippen LogP contribution in [0.2, 0.25) is 0 Å². The molecule has 21 heavy (non-hydrogen) atoms. The molecular formula is C15H22N4O2. The fourth-order valence-electron chi connectivity index (χ4n) is 3.86. The summed E-state index contributed by atoms with van der Waals surface area (Å²) in [7, 11) is 0. The lowest BCUT2D eigenvalue weighted by Crippen LogP contribution is -2.21. The number of pyridine rings is 1. The Hall–Kier alpha value is -1.85. The Morgan fingerprint density at radius 1 is 1.33 bits per heavy atom. The number of rotatable bonds is 6. The van der Waals surface area contributed by atoms with Gasteiger partial charge in [-0.05, 0) is 50.0 Å². The van der Waals surface area contributed by atoms with Crippen molar-refractivity contribution in [2.45, 2.75) is 32.6 Å². The quantitative estimate of drug-likeness (QED) is 0.621. The Morgan fingerprint density at radius 2 is 2.19 bits per heavy atom. The van der Waals surface area contributed by atoms with Gasteiger partial charge in [-0.1, -0.05) is 6.42 Å². The molecule has 1 aromatic rings. The zero-order chi connectivity index (χ0) is 14.8. The largest absolute Gasteiger partial charge is 0.370 e. The zero-order valence-electron chi connectivity index (χ0n) is 12.3. The van der Waals surface area contributed by atoms with Crippen molar-refractivity contribution in [3.05, 3.63) is 22.2 Å². The molecule has 2 fully saturated rings. The summed E-state index contributed by atoms with van der Waals surface area (Å²) in [5, 5.41) is 17.4. The summed E-state index contributed by atoms with van der Waals surface area (Å²) >= 11 is 0. The van der Waals surface area contributed by atoms with E-state index in [-0.39, 0.29) is 10.6 Å². The molecule has 2 saturated carbocycles. The molecule has 1 heterocycles. The van der Waals surface area contributed by atoms with Crippen molar-refractivity contribution >= 4 is 17.3 Å². The summed E-state index contributed by atoms with van der Waals surface area (Å²) in [5.74, 6) is 3.41. The monoisotopic (exact) mass is 290 g/mol. The molecule has 114 valence electrons. The van der Waals surface area contributed by atoms with E-state index < -0.39 is 0 Å². The van der Waals surface area contributed by atoms with E-state index in [4.69, 9.17) is 0 Å². The number of nitrogens with zero attached hydrogens (tertiary/aromatic N) is 2. The maximum atomic E-state index is 11.1. The highest BCUT2D eigenvalue weighted by atomic mass is 16.6. The Labute approximate surface area is 124 Å². The fraction of sp³-hybridized carbons (Fsp3) is 0.667. The van der Waals surface area contributed by atoms with E-state index >= 15 is 0 Å². The van der Waals surface area contributed by atoms with Gasteiger partial charge in [0, 0.05) is 19.2 Å². The molecule has 3 atom stereocenters. The summed E-state index contributed by atoms with van der Waals surface area (Å²) in [6.07, 6.45) is 5.30. The van der Waals surface area contributed by atoms with Crippen molar-refractivity contribution in [3.8, 4) is 0 Å². The number of aromatic nitrogens is 1. The first-order chi connectivity index (χ1) is 10.2. The number of nitrogens with one attached hydrogen (secondary N) is 2. The normalized spacial score (nSPS) is 26.8. The third kappa shape index (κ3) is 2.94. The van der Waals surface area contributed by atoms with Crippen LogP contribution in [0.15, 0.2) is 12.1 Å². The maximum Gasteiger partial charge on any atom is 0.311 e. The molecule has 0 amide bonds. The van der Waals surface area contributed by atoms with Gasteiger partial charge in [-0.15, -0.1) is 0 Å². The molecule has 0 saturated heterocycles. The predicted octanol–water partition coefficient (Wildman–Crippen LogP) is 3.27. The van der Waals surface area contributed by atoms with Gasteiger partial charge >= 0.3 is 5.69 Å². The number of hydrogen-bond donors (Lipinski definition) is 2. The van der Waals surface area contributed by atoms with Gasteiger partial charge in [0.15, 0.2) is 0 Å². The fourth-order valence-corrected chi connectivity index (χ4v) is 3.86. The van der Waals surface area contributed by atoms with Gasteiger partial charge in [0.1, 0.15) is 5.82 Å². The van der Waals surface area contributed by atoms with E-state index in [0.717, 1.165) is 24.9 Å². The van der Waals surface area contributed by atoms with Crippen molar-refractivity contribution in [3.63, 3.8) is 0 Å². The molecule has 0 aliphatic heterocycles. The molecule has 0 aromatic carbocycles. The molecule has 3 unspecified atom stereocenters. The Bertz CT molecular complexity index is 534. The van der Waals surface area contributed by atoms with Crippen LogP contribution in [0.3, 0.4) is 0 Å². The van der Waals surface area contributed by atoms with Crippen molar-refractivity contribution in [2.75, 3.05) is 23.7 Å². The molecule has 3 rings (SSSR count). The first-order valence-electron chi connectivity index (χ1n) is 7.80. The summed E-state index contributed by atoms with van der Waals surface area (Å²) in [5.41, 5.74) is 0.0554. The summed E-state index contributed by atoms with van der Waals surface area (Å²) in [6.45, 7) is 3.52. The third-order valence-corrected chi connectivity index (χ3v) is 4.84. The lowest BCUT2D eigenvalue weighted by Gasteiger charge is -2.22. The highest BCUT2D eigenvalue weighted by Crippen LogP contribution is 2.48. The minimum atomic E-state index is -0.369. The van der Waals surface area contributed by atoms with Crippen molar-refractivity contribution < 1.29 is 4.92 Å². The Morgan fingerprint density at radius 3 is 2.81 bits per heavy atom. The van der Waals surface area contributed by atoms with Crippen molar-refractivity contribution in [1.82, 2.24) is 4.98 Å². The van der Waals surface area contributed by atoms with Crippen LogP contribution in [0.5, 0.6) is 0 Å². The van der Waals surface area contributed by atoms with Gasteiger partial charge in [0.2, 0.25) is 5.82 Å². The molecule has 2 bridgehead atoms. The third-order valence-electron chi connectivity index (χ3n) is 4.84. The average Bonchev–Trinajstić information content (AvgIpc) is 3.08. The van der Waals surface area contributed by atoms with Gasteiger partial charge in [-0.25, -0.2) is 4.98 Å². The van der Waals surface area contributed by atoms with Crippen LogP contribution in [-0.2, 0) is 0 Å². The second kappa shape index (κ2) is 5.87. The lowest BCUT2D eigenvalue weighted by molar-refractivity contribution is -0.384. The number of fused-ring (bicyclic) bond motifs is 2. The van der Waals surface area contributed by atoms with Gasteiger partial charge in [-0.2, -0.15) is 0 Å². The Kier molecular flexibility index (Phi) is 3.94. The summed E-state index contributed by atoms with van der Waals surface area (Å²) < 4.78 is 0. The van der Waals surface area contributed by atoms with Crippen LogP contribution < -0.4 is 10.6 Å². The highest BCUT2D eigenvalue weighted by molar-refractivity contribution is 5.60. The van der Waals surface area contributed by atoms with E-state index in [1.165, 1.54) is 31.7 Å². The number of hydrogen-bond acceptors (Lipinski definition) is 5. The van der Waals surface area contributed by atoms with Gasteiger partial charge in [-0.3, -0.25) is 10.1 Å². The van der Waals surface area contributed by atoms with Gasteiger partial charge in [0.05, 0.1) is 4.92 Å². The summed E-state index contributed by atoms with van der Waals surface area (Å²) in [6, 6.07) is 3.18. The van der Waals surface area contributed by atoms with Crippen LogP contribution >= 0.6 is 0 Å². The standard InChI is InChI=1S/C15H22N4O2/c1-2-16-14-6-5-13(19(20)21)15(18-14)17-9-12-8-10-3-4-11(12)7-10/h5-6,10-12H,2-4,7-9H2,1H3,(H2,16,17,18). The molecule has 1 aromatic heterocycles. The zero-order valence-corrected chi connectivity index (χ0v) is 12.3. The molecule has 2 aliphatic rings. The average molecular weight is 290 g/mol. The van der Waals surface area contributed by atoms with Crippen LogP contribution in [0.4, 0.5) is 17.3 Å². The molecule has 2 aliphatic carbocycles. The molecular weight excluding hydrogens is 268 g/mol. The first-order valence-corrected chi connectivity index (χ1v) is 7.80. The van der Waals surface area contributed by atoms with E-state index in [9.17, 15) is 10.1 Å². The van der Waals surface area contributed by atoms with Crippen LogP contribution in [0.1, 0.15) is 32.6 Å². The second-order valence-electron chi connectivity index (χ2n) is 6.17. The predicted molar refractivity (Wildman–Crippen MR) is 82.5 cm³/mol. The SMILES string of the molecule is CCNc1ccc([N+](=O)[O-])c(NCC2CC3CCC2C3)n1. The van der Waals surface area contributed by atoms with Gasteiger partial charge in [0.25, 0.3) is 0 Å². The highest BCUT2D eigenvalue weighted by Gasteiger charge is 2.39. The minimum absolute atomic E-state index is 0.0554. The van der Waals surface area contributed by atoms with Crippen LogP contribution in [-0.4, -0.2) is 23.0 Å². The van der Waals surface area contributed by atoms with Crippen LogP contribution in [0.25, 0.3) is 0 Å². The lowest BCUT2D eigenvalue weighted by atomic mass is 9.89. The first kappa shape index (κ1) is 14.1. The summed E-state index contributed by atoms with van der Waals surface area (Å²) in [4.78, 5) is 15.1. The van der Waals surface area contributed by atoms with Gasteiger partial charge < -0.3 is 10.6 Å². The minimum Gasteiger partial charge on any atom is -0.370 e. The maximum absolute atomic E-state index is 11.1. The van der Waals surface area contributed by atoms with E-state index in [1.807, 2.05) is 6.92 Å². The molecule has 6 heteroatoms. The van der Waals surface area contributed by atoms with Crippen molar-refractivity contribution in [2.24, 2.45) is 17.8 Å². The topological polar surface area (TPSA) is 80.1 Å². The van der Waals surface area contributed by atoms with E-state index in [1.54, 1.807) is 6.07 Å². The smallest absolute Gasteiger partial charge is 0.311 e. The number of nitro groups is 1. The van der Waals surface area contributed by atoms with Crippen molar-refractivity contribution in [1.29, 1.82) is 0 Å². The molecule has 0 radical (unpaired) electrons.